The molecule has 0 saturated carbocycles. The Hall–Kier alpha value is -3.01. The zero-order valence-corrected chi connectivity index (χ0v) is 11.0. The normalized spacial score (nSPS) is 10.6. The maximum Gasteiger partial charge on any atom is 0.573 e. The fraction of sp³-hybridized carbons (Fsp3) is 0.0667. The number of halogens is 3. The fourth-order valence-electron chi connectivity index (χ4n) is 1.71. The monoisotopic (exact) mass is 306 g/mol. The lowest BCUT2D eigenvalue weighted by molar-refractivity contribution is -0.274. The molecule has 0 aromatic heterocycles. The van der Waals surface area contributed by atoms with Crippen molar-refractivity contribution in [1.82, 2.24) is 0 Å². The number of ether oxygens (including phenoxy) is 1. The predicted molar refractivity (Wildman–Crippen MR) is 72.2 cm³/mol. The summed E-state index contributed by atoms with van der Waals surface area (Å²) in [6.07, 6.45) is -4.86. The molecule has 0 aliphatic rings. The largest absolute Gasteiger partial charge is 0.573 e. The van der Waals surface area contributed by atoms with Gasteiger partial charge in [-0.3, -0.25) is 4.79 Å². The van der Waals surface area contributed by atoms with Gasteiger partial charge in [0.2, 0.25) is 0 Å². The maximum absolute atomic E-state index is 12.3. The van der Waals surface area contributed by atoms with Crippen molar-refractivity contribution in [2.75, 3.05) is 5.32 Å². The summed E-state index contributed by atoms with van der Waals surface area (Å²) in [5.74, 6) is -1.16. The molecular formula is C15H9F3N2O2. The predicted octanol–water partition coefficient (Wildman–Crippen LogP) is 3.71. The summed E-state index contributed by atoms with van der Waals surface area (Å²) in [6.45, 7) is 0. The first-order chi connectivity index (χ1) is 10.4. The minimum atomic E-state index is -4.86. The van der Waals surface area contributed by atoms with Gasteiger partial charge in [-0.15, -0.1) is 13.2 Å². The van der Waals surface area contributed by atoms with Crippen LogP contribution < -0.4 is 10.1 Å². The van der Waals surface area contributed by atoms with Crippen LogP contribution >= 0.6 is 0 Å². The first kappa shape index (κ1) is 15.4. The van der Waals surface area contributed by atoms with Crippen LogP contribution in [0.5, 0.6) is 5.75 Å². The van der Waals surface area contributed by atoms with E-state index in [-0.39, 0.29) is 16.8 Å². The molecule has 1 N–H and O–H groups in total. The van der Waals surface area contributed by atoms with E-state index in [0.717, 1.165) is 6.07 Å². The molecule has 0 unspecified atom stereocenters. The maximum atomic E-state index is 12.3. The third-order valence-corrected chi connectivity index (χ3v) is 2.61. The Morgan fingerprint density at radius 3 is 2.55 bits per heavy atom. The van der Waals surface area contributed by atoms with Gasteiger partial charge in [-0.05, 0) is 30.3 Å². The second-order valence-corrected chi connectivity index (χ2v) is 4.19. The van der Waals surface area contributed by atoms with Crippen LogP contribution in [0, 0.1) is 11.3 Å². The lowest BCUT2D eigenvalue weighted by Gasteiger charge is -2.13. The highest BCUT2D eigenvalue weighted by molar-refractivity contribution is 6.05. The Labute approximate surface area is 123 Å². The quantitative estimate of drug-likeness (QED) is 0.940. The van der Waals surface area contributed by atoms with Gasteiger partial charge < -0.3 is 10.1 Å². The lowest BCUT2D eigenvalue weighted by atomic mass is 10.1. The first-order valence-electron chi connectivity index (χ1n) is 6.05. The van der Waals surface area contributed by atoms with Gasteiger partial charge in [-0.2, -0.15) is 5.26 Å². The van der Waals surface area contributed by atoms with Crippen molar-refractivity contribution in [3.8, 4) is 11.8 Å². The van der Waals surface area contributed by atoms with E-state index in [1.807, 2.05) is 6.07 Å². The fourth-order valence-corrected chi connectivity index (χ4v) is 1.71. The van der Waals surface area contributed by atoms with Gasteiger partial charge in [-0.1, -0.05) is 18.2 Å². The van der Waals surface area contributed by atoms with E-state index >= 15 is 0 Å². The van der Waals surface area contributed by atoms with E-state index in [9.17, 15) is 18.0 Å². The van der Waals surface area contributed by atoms with Crippen LogP contribution in [0.1, 0.15) is 15.9 Å². The molecule has 0 spiro atoms. The van der Waals surface area contributed by atoms with Crippen LogP contribution in [-0.2, 0) is 0 Å². The first-order valence-corrected chi connectivity index (χ1v) is 6.05. The molecule has 0 heterocycles. The van der Waals surface area contributed by atoms with Crippen LogP contribution in [0.4, 0.5) is 18.9 Å². The van der Waals surface area contributed by atoms with Crippen molar-refractivity contribution in [2.45, 2.75) is 6.36 Å². The average Bonchev–Trinajstić information content (AvgIpc) is 2.48. The molecule has 22 heavy (non-hydrogen) atoms. The van der Waals surface area contributed by atoms with Crippen LogP contribution in [0.3, 0.4) is 0 Å². The van der Waals surface area contributed by atoms with E-state index in [0.29, 0.717) is 0 Å². The number of nitriles is 1. The molecule has 7 heteroatoms. The Kier molecular flexibility index (Phi) is 4.32. The molecule has 0 bridgehead atoms. The van der Waals surface area contributed by atoms with Crippen molar-refractivity contribution < 1.29 is 22.7 Å². The molecule has 2 aromatic rings. The van der Waals surface area contributed by atoms with E-state index < -0.39 is 18.0 Å². The van der Waals surface area contributed by atoms with Gasteiger partial charge in [-0.25, -0.2) is 0 Å². The second-order valence-electron chi connectivity index (χ2n) is 4.19. The number of alkyl halides is 3. The summed E-state index contributed by atoms with van der Waals surface area (Å²) in [5, 5.41) is 11.1. The summed E-state index contributed by atoms with van der Waals surface area (Å²) < 4.78 is 40.8. The third kappa shape index (κ3) is 3.99. The summed E-state index contributed by atoms with van der Waals surface area (Å²) in [5.41, 5.74) is 0.306. The molecule has 4 nitrogen and oxygen atoms in total. The second kappa shape index (κ2) is 6.18. The number of carbonyl (C=O) groups excluding carboxylic acids is 1. The van der Waals surface area contributed by atoms with Crippen LogP contribution in [0.15, 0.2) is 48.5 Å². The number of amides is 1. The minimum absolute atomic E-state index is 0.118. The SMILES string of the molecule is N#Cc1cccc(C(=O)Nc2ccccc2OC(F)(F)F)c1. The van der Waals surface area contributed by atoms with Gasteiger partial charge >= 0.3 is 6.36 Å². The summed E-state index contributed by atoms with van der Waals surface area (Å²) in [7, 11) is 0. The zero-order valence-electron chi connectivity index (χ0n) is 11.0. The molecule has 0 aliphatic carbocycles. The smallest absolute Gasteiger partial charge is 0.404 e. The number of rotatable bonds is 3. The molecule has 2 rings (SSSR count). The highest BCUT2D eigenvalue weighted by Gasteiger charge is 2.32. The van der Waals surface area contributed by atoms with Crippen molar-refractivity contribution in [3.05, 3.63) is 59.7 Å². The van der Waals surface area contributed by atoms with Crippen molar-refractivity contribution in [3.63, 3.8) is 0 Å². The highest BCUT2D eigenvalue weighted by atomic mass is 19.4. The Morgan fingerprint density at radius 2 is 1.86 bits per heavy atom. The molecule has 0 atom stereocenters. The van der Waals surface area contributed by atoms with Crippen LogP contribution in [0.2, 0.25) is 0 Å². The van der Waals surface area contributed by atoms with E-state index in [1.54, 1.807) is 0 Å². The summed E-state index contributed by atoms with van der Waals surface area (Å²) in [6, 6.07) is 12.9. The van der Waals surface area contributed by atoms with E-state index in [2.05, 4.69) is 10.1 Å². The number of anilines is 1. The van der Waals surface area contributed by atoms with Gasteiger partial charge in [0.15, 0.2) is 5.75 Å². The molecule has 0 saturated heterocycles. The molecular weight excluding hydrogens is 297 g/mol. The molecule has 0 aliphatic heterocycles. The summed E-state index contributed by atoms with van der Waals surface area (Å²) >= 11 is 0. The molecule has 0 fully saturated rings. The number of carbonyl (C=O) groups is 1. The van der Waals surface area contributed by atoms with Crippen molar-refractivity contribution in [1.29, 1.82) is 5.26 Å². The molecule has 2 aromatic carbocycles. The standard InChI is InChI=1S/C15H9F3N2O2/c16-15(17,18)22-13-7-2-1-6-12(13)20-14(21)11-5-3-4-10(8-11)9-19/h1-8H,(H,20,21). The highest BCUT2D eigenvalue weighted by Crippen LogP contribution is 2.30. The Bertz CT molecular complexity index is 736. The zero-order chi connectivity index (χ0) is 16.2. The number of nitrogens with zero attached hydrogens (tertiary/aromatic N) is 1. The molecule has 0 radical (unpaired) electrons. The van der Waals surface area contributed by atoms with Crippen molar-refractivity contribution >= 4 is 11.6 Å². The molecule has 1 amide bonds. The third-order valence-electron chi connectivity index (χ3n) is 2.61. The lowest BCUT2D eigenvalue weighted by Crippen LogP contribution is -2.19. The van der Waals surface area contributed by atoms with Crippen LogP contribution in [0.25, 0.3) is 0 Å². The number of nitrogens with one attached hydrogen (secondary N) is 1. The minimum Gasteiger partial charge on any atom is -0.404 e. The Balaban J connectivity index is 2.23. The molecule has 112 valence electrons. The number of hydrogen-bond donors (Lipinski definition) is 1. The summed E-state index contributed by atoms with van der Waals surface area (Å²) in [4.78, 5) is 12.0. The average molecular weight is 306 g/mol. The van der Waals surface area contributed by atoms with E-state index in [4.69, 9.17) is 5.26 Å². The Morgan fingerprint density at radius 1 is 1.14 bits per heavy atom. The van der Waals surface area contributed by atoms with Gasteiger partial charge in [0.1, 0.15) is 0 Å². The van der Waals surface area contributed by atoms with Crippen LogP contribution in [-0.4, -0.2) is 12.3 Å². The van der Waals surface area contributed by atoms with Gasteiger partial charge in [0, 0.05) is 5.56 Å². The van der Waals surface area contributed by atoms with Gasteiger partial charge in [0.05, 0.1) is 17.3 Å². The van der Waals surface area contributed by atoms with Gasteiger partial charge in [0.25, 0.3) is 5.91 Å². The number of benzene rings is 2. The van der Waals surface area contributed by atoms with Crippen molar-refractivity contribution in [2.24, 2.45) is 0 Å². The topological polar surface area (TPSA) is 62.1 Å². The van der Waals surface area contributed by atoms with E-state index in [1.165, 1.54) is 42.5 Å². The number of hydrogen-bond acceptors (Lipinski definition) is 3. The number of para-hydroxylation sites is 2.